The van der Waals surface area contributed by atoms with E-state index in [4.69, 9.17) is 14.2 Å². The van der Waals surface area contributed by atoms with Crippen molar-refractivity contribution in [2.45, 2.75) is 6.92 Å². The van der Waals surface area contributed by atoms with Crippen molar-refractivity contribution in [3.63, 3.8) is 0 Å². The van der Waals surface area contributed by atoms with E-state index in [9.17, 15) is 14.4 Å². The predicted octanol–water partition coefficient (Wildman–Crippen LogP) is 3.99. The van der Waals surface area contributed by atoms with Crippen molar-refractivity contribution >= 4 is 29.2 Å². The first-order valence-electron chi connectivity index (χ1n) is 10.5. The average molecular weight is 466 g/mol. The second-order valence-corrected chi connectivity index (χ2v) is 7.54. The summed E-state index contributed by atoms with van der Waals surface area (Å²) in [5, 5.41) is 7.70. The molecule has 3 rings (SSSR count). The molecule has 34 heavy (non-hydrogen) atoms. The summed E-state index contributed by atoms with van der Waals surface area (Å²) < 4.78 is 15.7. The first kappa shape index (κ1) is 24.4. The standard InChI is InChI=1S/C25H27N3O6/c1-15-8-5-6-11-18(15)23(29)26-16-9-7-10-17(12-16)27-25(31)28-24(30)19-13-21(33-3)22(34-4)14-20(19)32-2/h5-15,18H,1-4H3,(H,26,29)(H2,27,28,30,31). The number of methoxy groups -OCH3 is 3. The second kappa shape index (κ2) is 11.0. The number of anilines is 2. The van der Waals surface area contributed by atoms with E-state index in [1.54, 1.807) is 24.3 Å². The fraction of sp³-hybridized carbons (Fsp3) is 0.240. The first-order valence-corrected chi connectivity index (χ1v) is 10.5. The number of allylic oxidation sites excluding steroid dienone is 3. The summed E-state index contributed by atoms with van der Waals surface area (Å²) in [6, 6.07) is 8.81. The molecule has 2 unspecified atom stereocenters. The van der Waals surface area contributed by atoms with E-state index in [1.165, 1.54) is 33.5 Å². The Morgan fingerprint density at radius 3 is 2.06 bits per heavy atom. The predicted molar refractivity (Wildman–Crippen MR) is 129 cm³/mol. The Morgan fingerprint density at radius 2 is 1.41 bits per heavy atom. The van der Waals surface area contributed by atoms with E-state index in [0.29, 0.717) is 22.9 Å². The molecular formula is C25H27N3O6. The summed E-state index contributed by atoms with van der Waals surface area (Å²) in [6.45, 7) is 1.97. The zero-order valence-corrected chi connectivity index (χ0v) is 19.4. The lowest BCUT2D eigenvalue weighted by atomic mass is 9.89. The van der Waals surface area contributed by atoms with E-state index in [2.05, 4.69) is 16.0 Å². The van der Waals surface area contributed by atoms with Crippen molar-refractivity contribution in [1.82, 2.24) is 5.32 Å². The Hall–Kier alpha value is -4.27. The maximum Gasteiger partial charge on any atom is 0.326 e. The molecule has 0 aliphatic heterocycles. The van der Waals surface area contributed by atoms with Gasteiger partial charge in [0.1, 0.15) is 5.75 Å². The van der Waals surface area contributed by atoms with Crippen LogP contribution in [0.15, 0.2) is 60.7 Å². The summed E-state index contributed by atoms with van der Waals surface area (Å²) in [7, 11) is 4.30. The molecule has 0 aromatic heterocycles. The minimum atomic E-state index is -0.751. The zero-order chi connectivity index (χ0) is 24.7. The van der Waals surface area contributed by atoms with E-state index in [-0.39, 0.29) is 29.1 Å². The van der Waals surface area contributed by atoms with Gasteiger partial charge in [0.25, 0.3) is 5.91 Å². The SMILES string of the molecule is COc1cc(OC)c(C(=O)NC(=O)Nc2cccc(NC(=O)C3C=CC=CC3C)c2)cc1OC. The molecule has 2 aromatic rings. The molecule has 1 aliphatic carbocycles. The number of carbonyl (C=O) groups is 3. The van der Waals surface area contributed by atoms with E-state index >= 15 is 0 Å². The van der Waals surface area contributed by atoms with Crippen molar-refractivity contribution in [2.75, 3.05) is 32.0 Å². The van der Waals surface area contributed by atoms with Gasteiger partial charge in [-0.3, -0.25) is 14.9 Å². The van der Waals surface area contributed by atoms with E-state index in [0.717, 1.165) is 0 Å². The van der Waals surface area contributed by atoms with Crippen LogP contribution in [0.3, 0.4) is 0 Å². The lowest BCUT2D eigenvalue weighted by Crippen LogP contribution is -2.34. The van der Waals surface area contributed by atoms with Crippen LogP contribution in [0.2, 0.25) is 0 Å². The zero-order valence-electron chi connectivity index (χ0n) is 19.4. The molecule has 0 heterocycles. The number of hydrogen-bond acceptors (Lipinski definition) is 6. The molecule has 0 fully saturated rings. The monoisotopic (exact) mass is 465 g/mol. The average Bonchev–Trinajstić information content (AvgIpc) is 2.83. The molecule has 0 saturated carbocycles. The van der Waals surface area contributed by atoms with Crippen LogP contribution >= 0.6 is 0 Å². The van der Waals surface area contributed by atoms with Crippen molar-refractivity contribution < 1.29 is 28.6 Å². The number of hydrogen-bond donors (Lipinski definition) is 3. The molecule has 9 nitrogen and oxygen atoms in total. The Balaban J connectivity index is 1.66. The van der Waals surface area contributed by atoms with Crippen molar-refractivity contribution in [3.05, 3.63) is 66.3 Å². The smallest absolute Gasteiger partial charge is 0.326 e. The molecular weight excluding hydrogens is 438 g/mol. The van der Waals surface area contributed by atoms with Gasteiger partial charge in [-0.15, -0.1) is 0 Å². The van der Waals surface area contributed by atoms with Gasteiger partial charge in [-0.2, -0.15) is 0 Å². The highest BCUT2D eigenvalue weighted by atomic mass is 16.5. The molecule has 9 heteroatoms. The van der Waals surface area contributed by atoms with Crippen LogP contribution in [0, 0.1) is 11.8 Å². The normalized spacial score (nSPS) is 16.4. The van der Waals surface area contributed by atoms with Gasteiger partial charge in [0.2, 0.25) is 5.91 Å². The summed E-state index contributed by atoms with van der Waals surface area (Å²) in [5.41, 5.74) is 1.01. The molecule has 178 valence electrons. The van der Waals surface area contributed by atoms with E-state index < -0.39 is 11.9 Å². The highest BCUT2D eigenvalue weighted by Crippen LogP contribution is 2.34. The number of ether oxygens (including phenoxy) is 3. The number of benzene rings is 2. The van der Waals surface area contributed by atoms with Gasteiger partial charge in [-0.1, -0.05) is 37.3 Å². The molecule has 0 bridgehead atoms. The molecule has 3 N–H and O–H groups in total. The minimum Gasteiger partial charge on any atom is -0.496 e. The fourth-order valence-corrected chi connectivity index (χ4v) is 3.48. The van der Waals surface area contributed by atoms with Gasteiger partial charge in [0, 0.05) is 23.5 Å². The van der Waals surface area contributed by atoms with Gasteiger partial charge in [0.15, 0.2) is 11.5 Å². The highest BCUT2D eigenvalue weighted by molar-refractivity contribution is 6.09. The molecule has 2 aromatic carbocycles. The maximum atomic E-state index is 12.7. The van der Waals surface area contributed by atoms with Crippen molar-refractivity contribution in [1.29, 1.82) is 0 Å². The number of nitrogens with one attached hydrogen (secondary N) is 3. The van der Waals surface area contributed by atoms with Crippen LogP contribution in [-0.4, -0.2) is 39.2 Å². The molecule has 0 radical (unpaired) electrons. The summed E-state index contributed by atoms with van der Waals surface area (Å²) in [5.74, 6) is -0.122. The van der Waals surface area contributed by atoms with Crippen LogP contribution in [0.25, 0.3) is 0 Å². The highest BCUT2D eigenvalue weighted by Gasteiger charge is 2.23. The van der Waals surface area contributed by atoms with Gasteiger partial charge in [-0.25, -0.2) is 4.79 Å². The first-order chi connectivity index (χ1) is 16.4. The fourth-order valence-electron chi connectivity index (χ4n) is 3.48. The molecule has 0 spiro atoms. The van der Waals surface area contributed by atoms with Crippen molar-refractivity contribution in [3.8, 4) is 17.2 Å². The third kappa shape index (κ3) is 5.74. The Kier molecular flexibility index (Phi) is 7.92. The van der Waals surface area contributed by atoms with E-state index in [1.807, 2.05) is 31.2 Å². The summed E-state index contributed by atoms with van der Waals surface area (Å²) >= 11 is 0. The van der Waals surface area contributed by atoms with Crippen LogP contribution in [-0.2, 0) is 4.79 Å². The molecule has 4 amide bonds. The number of amides is 4. The summed E-state index contributed by atoms with van der Waals surface area (Å²) in [4.78, 5) is 37.7. The van der Waals surface area contributed by atoms with Gasteiger partial charge in [0.05, 0.1) is 32.8 Å². The third-order valence-corrected chi connectivity index (χ3v) is 5.28. The summed E-state index contributed by atoms with van der Waals surface area (Å²) in [6.07, 6.45) is 7.58. The van der Waals surface area contributed by atoms with Crippen molar-refractivity contribution in [2.24, 2.45) is 11.8 Å². The van der Waals surface area contributed by atoms with Crippen LogP contribution in [0.5, 0.6) is 17.2 Å². The second-order valence-electron chi connectivity index (χ2n) is 7.54. The van der Waals surface area contributed by atoms with Gasteiger partial charge < -0.3 is 24.8 Å². The molecule has 1 aliphatic rings. The van der Waals surface area contributed by atoms with Gasteiger partial charge in [-0.05, 0) is 24.1 Å². The number of urea groups is 1. The maximum absolute atomic E-state index is 12.7. The Labute approximate surface area is 197 Å². The lowest BCUT2D eigenvalue weighted by molar-refractivity contribution is -0.119. The Bertz CT molecular complexity index is 1140. The van der Waals surface area contributed by atoms with Crippen LogP contribution in [0.4, 0.5) is 16.2 Å². The lowest BCUT2D eigenvalue weighted by Gasteiger charge is -2.20. The molecule has 0 saturated heterocycles. The quantitative estimate of drug-likeness (QED) is 0.570. The minimum absolute atomic E-state index is 0.0802. The van der Waals surface area contributed by atoms with Crippen LogP contribution in [0.1, 0.15) is 17.3 Å². The Morgan fingerprint density at radius 1 is 0.794 bits per heavy atom. The molecule has 2 atom stereocenters. The number of imide groups is 1. The van der Waals surface area contributed by atoms with Gasteiger partial charge >= 0.3 is 6.03 Å². The number of rotatable bonds is 7. The topological polar surface area (TPSA) is 115 Å². The number of carbonyl (C=O) groups excluding carboxylic acids is 3. The van der Waals surface area contributed by atoms with Crippen LogP contribution < -0.4 is 30.2 Å². The largest absolute Gasteiger partial charge is 0.496 e. The third-order valence-electron chi connectivity index (χ3n) is 5.28.